The Labute approximate surface area is 140 Å². The number of methoxy groups -OCH3 is 1. The van der Waals surface area contributed by atoms with E-state index in [1.807, 2.05) is 11.3 Å². The van der Waals surface area contributed by atoms with E-state index in [2.05, 4.69) is 37.6 Å². The summed E-state index contributed by atoms with van der Waals surface area (Å²) in [6, 6.07) is 2.14. The highest BCUT2D eigenvalue weighted by molar-refractivity contribution is 9.10. The van der Waals surface area contributed by atoms with Gasteiger partial charge in [0.2, 0.25) is 0 Å². The smallest absolute Gasteiger partial charge is 0.0589 e. The second-order valence-electron chi connectivity index (χ2n) is 5.11. The van der Waals surface area contributed by atoms with Crippen LogP contribution in [0.3, 0.4) is 0 Å². The summed E-state index contributed by atoms with van der Waals surface area (Å²) in [7, 11) is 1.78. The van der Waals surface area contributed by atoms with Gasteiger partial charge in [0.25, 0.3) is 0 Å². The van der Waals surface area contributed by atoms with E-state index in [0.717, 1.165) is 25.6 Å². The number of ether oxygens (including phenoxy) is 1. The van der Waals surface area contributed by atoms with E-state index in [1.54, 1.807) is 7.11 Å². The number of rotatable bonds is 7. The molecule has 3 nitrogen and oxygen atoms in total. The zero-order chi connectivity index (χ0) is 13.5. The number of nitrogens with zero attached hydrogens (tertiary/aromatic N) is 1. The van der Waals surface area contributed by atoms with Crippen molar-refractivity contribution in [2.45, 2.75) is 19.4 Å². The highest BCUT2D eigenvalue weighted by atomic mass is 79.9. The molecule has 0 amide bonds. The van der Waals surface area contributed by atoms with Gasteiger partial charge in [-0.1, -0.05) is 0 Å². The number of piperidine rings is 1. The van der Waals surface area contributed by atoms with Gasteiger partial charge in [0.15, 0.2) is 0 Å². The van der Waals surface area contributed by atoms with Crippen molar-refractivity contribution in [1.29, 1.82) is 0 Å². The predicted molar refractivity (Wildman–Crippen MR) is 92.0 cm³/mol. The van der Waals surface area contributed by atoms with Crippen molar-refractivity contribution < 1.29 is 4.74 Å². The molecular formula is C14H24BrClN2OS. The fourth-order valence-corrected chi connectivity index (χ4v) is 4.04. The molecule has 0 bridgehead atoms. The lowest BCUT2D eigenvalue weighted by atomic mass is 9.97. The highest BCUT2D eigenvalue weighted by Crippen LogP contribution is 2.25. The van der Waals surface area contributed by atoms with Crippen LogP contribution in [-0.2, 0) is 11.3 Å². The van der Waals surface area contributed by atoms with Crippen LogP contribution < -0.4 is 5.32 Å². The van der Waals surface area contributed by atoms with Crippen LogP contribution in [0.5, 0.6) is 0 Å². The summed E-state index contributed by atoms with van der Waals surface area (Å²) in [6.07, 6.45) is 2.60. The zero-order valence-corrected chi connectivity index (χ0v) is 15.2. The van der Waals surface area contributed by atoms with E-state index in [4.69, 9.17) is 4.74 Å². The van der Waals surface area contributed by atoms with Gasteiger partial charge in [-0.25, -0.2) is 0 Å². The fourth-order valence-electron chi connectivity index (χ4n) is 2.53. The molecule has 1 aromatic heterocycles. The molecule has 116 valence electrons. The van der Waals surface area contributed by atoms with Crippen molar-refractivity contribution >= 4 is 39.7 Å². The second kappa shape index (κ2) is 10.1. The normalized spacial score (nSPS) is 16.4. The third-order valence-electron chi connectivity index (χ3n) is 3.65. The number of hydrogen-bond acceptors (Lipinski definition) is 4. The van der Waals surface area contributed by atoms with Crippen molar-refractivity contribution in [2.24, 2.45) is 5.92 Å². The SMILES string of the molecule is COCCN(Cc1sccc1Br)CC1CCNCC1.Cl. The highest BCUT2D eigenvalue weighted by Gasteiger charge is 2.18. The number of hydrogen-bond donors (Lipinski definition) is 1. The van der Waals surface area contributed by atoms with E-state index in [1.165, 1.54) is 41.8 Å². The molecule has 0 saturated carbocycles. The average molecular weight is 384 g/mol. The minimum atomic E-state index is 0. The number of thiophene rings is 1. The summed E-state index contributed by atoms with van der Waals surface area (Å²) < 4.78 is 6.49. The Kier molecular flexibility index (Phi) is 9.33. The first-order chi connectivity index (χ1) is 9.29. The van der Waals surface area contributed by atoms with Gasteiger partial charge in [-0.3, -0.25) is 4.90 Å². The van der Waals surface area contributed by atoms with Gasteiger partial charge in [-0.2, -0.15) is 0 Å². The molecule has 0 radical (unpaired) electrons. The number of halogens is 2. The van der Waals surface area contributed by atoms with E-state index in [0.29, 0.717) is 0 Å². The predicted octanol–water partition coefficient (Wildman–Crippen LogP) is 3.38. The van der Waals surface area contributed by atoms with Crippen molar-refractivity contribution in [1.82, 2.24) is 10.2 Å². The summed E-state index contributed by atoms with van der Waals surface area (Å²) in [5.41, 5.74) is 0. The molecule has 20 heavy (non-hydrogen) atoms. The largest absolute Gasteiger partial charge is 0.383 e. The number of nitrogens with one attached hydrogen (secondary N) is 1. The molecule has 1 fully saturated rings. The molecule has 0 atom stereocenters. The van der Waals surface area contributed by atoms with Crippen molar-refractivity contribution in [3.63, 3.8) is 0 Å². The van der Waals surface area contributed by atoms with Gasteiger partial charge in [-0.15, -0.1) is 23.7 Å². The summed E-state index contributed by atoms with van der Waals surface area (Å²) in [4.78, 5) is 3.96. The molecule has 1 saturated heterocycles. The Hall–Kier alpha value is 0.350. The third kappa shape index (κ3) is 6.00. The zero-order valence-electron chi connectivity index (χ0n) is 11.9. The molecule has 2 rings (SSSR count). The Morgan fingerprint density at radius 2 is 2.20 bits per heavy atom. The van der Waals surface area contributed by atoms with Crippen LogP contribution in [0.25, 0.3) is 0 Å². The maximum Gasteiger partial charge on any atom is 0.0589 e. The van der Waals surface area contributed by atoms with E-state index in [9.17, 15) is 0 Å². The first-order valence-corrected chi connectivity index (χ1v) is 8.60. The molecule has 2 heterocycles. The van der Waals surface area contributed by atoms with Crippen LogP contribution in [0.2, 0.25) is 0 Å². The first kappa shape index (κ1) is 18.4. The monoisotopic (exact) mass is 382 g/mol. The van der Waals surface area contributed by atoms with Gasteiger partial charge in [-0.05, 0) is 59.2 Å². The second-order valence-corrected chi connectivity index (χ2v) is 6.97. The Balaban J connectivity index is 0.00000200. The molecule has 0 aliphatic carbocycles. The maximum absolute atomic E-state index is 5.25. The molecule has 1 aliphatic rings. The maximum atomic E-state index is 5.25. The van der Waals surface area contributed by atoms with Gasteiger partial charge < -0.3 is 10.1 Å². The van der Waals surface area contributed by atoms with Crippen molar-refractivity contribution in [3.05, 3.63) is 20.8 Å². The molecular weight excluding hydrogens is 360 g/mol. The fraction of sp³-hybridized carbons (Fsp3) is 0.714. The molecule has 0 aromatic carbocycles. The molecule has 1 N–H and O–H groups in total. The van der Waals surface area contributed by atoms with Crippen molar-refractivity contribution in [2.75, 3.05) is 39.9 Å². The van der Waals surface area contributed by atoms with E-state index >= 15 is 0 Å². The Morgan fingerprint density at radius 1 is 1.45 bits per heavy atom. The lowest BCUT2D eigenvalue weighted by Crippen LogP contribution is -2.37. The lowest BCUT2D eigenvalue weighted by molar-refractivity contribution is 0.126. The molecule has 1 aliphatic heterocycles. The molecule has 1 aromatic rings. The van der Waals surface area contributed by atoms with E-state index in [-0.39, 0.29) is 12.4 Å². The van der Waals surface area contributed by atoms with Crippen LogP contribution in [0, 0.1) is 5.92 Å². The minimum absolute atomic E-state index is 0. The minimum Gasteiger partial charge on any atom is -0.383 e. The summed E-state index contributed by atoms with van der Waals surface area (Å²) >= 11 is 5.46. The quantitative estimate of drug-likeness (QED) is 0.781. The van der Waals surface area contributed by atoms with Crippen LogP contribution in [0.1, 0.15) is 17.7 Å². The summed E-state index contributed by atoms with van der Waals surface area (Å²) in [5, 5.41) is 5.59. The first-order valence-electron chi connectivity index (χ1n) is 6.93. The Bertz CT molecular complexity index is 372. The van der Waals surface area contributed by atoms with Crippen molar-refractivity contribution in [3.8, 4) is 0 Å². The molecule has 0 spiro atoms. The van der Waals surface area contributed by atoms with Crippen LogP contribution >= 0.6 is 39.7 Å². The lowest BCUT2D eigenvalue weighted by Gasteiger charge is -2.29. The van der Waals surface area contributed by atoms with E-state index < -0.39 is 0 Å². The van der Waals surface area contributed by atoms with Crippen LogP contribution in [-0.4, -0.2) is 44.8 Å². The third-order valence-corrected chi connectivity index (χ3v) is 5.56. The average Bonchev–Trinajstić information content (AvgIpc) is 2.83. The summed E-state index contributed by atoms with van der Waals surface area (Å²) in [6.45, 7) is 6.40. The Morgan fingerprint density at radius 3 is 2.80 bits per heavy atom. The van der Waals surface area contributed by atoms with Gasteiger partial charge >= 0.3 is 0 Å². The van der Waals surface area contributed by atoms with Crippen LogP contribution in [0.15, 0.2) is 15.9 Å². The van der Waals surface area contributed by atoms with Gasteiger partial charge in [0, 0.05) is 36.1 Å². The van der Waals surface area contributed by atoms with Crippen LogP contribution in [0.4, 0.5) is 0 Å². The van der Waals surface area contributed by atoms with Gasteiger partial charge in [0.05, 0.1) is 6.61 Å². The van der Waals surface area contributed by atoms with Gasteiger partial charge in [0.1, 0.15) is 0 Å². The molecule has 6 heteroatoms. The topological polar surface area (TPSA) is 24.5 Å². The standard InChI is InChI=1S/C14H23BrN2OS.ClH/c1-18-8-7-17(10-12-2-5-16-6-3-12)11-14-13(15)4-9-19-14;/h4,9,12,16H,2-3,5-8,10-11H2,1H3;1H. The molecule has 0 unspecified atom stereocenters. The summed E-state index contributed by atoms with van der Waals surface area (Å²) in [5.74, 6) is 0.830.